The molecule has 5 saturated carbocycles. The van der Waals surface area contributed by atoms with Gasteiger partial charge in [-0.05, 0) is 31.0 Å². The second-order valence-corrected chi connectivity index (χ2v) is 13.8. The molecule has 0 unspecified atom stereocenters. The summed E-state index contributed by atoms with van der Waals surface area (Å²) in [6.07, 6.45) is -2.36. The summed E-state index contributed by atoms with van der Waals surface area (Å²) in [6.45, 7) is 3.76. The van der Waals surface area contributed by atoms with Gasteiger partial charge in [-0.25, -0.2) is 4.79 Å². The molecule has 42 heavy (non-hydrogen) atoms. The molecule has 10 heteroatoms. The maximum absolute atomic E-state index is 13.5. The van der Waals surface area contributed by atoms with Gasteiger partial charge >= 0.3 is 5.97 Å². The Kier molecular flexibility index (Phi) is 6.71. The van der Waals surface area contributed by atoms with E-state index in [1.165, 1.54) is 0 Å². The minimum Gasteiger partial charge on any atom is -0.455 e. The summed E-state index contributed by atoms with van der Waals surface area (Å²) >= 11 is 0. The number of benzene rings is 1. The quantitative estimate of drug-likeness (QED) is 0.381. The topological polar surface area (TPSA) is 127 Å². The number of carbonyl (C=O) groups is 1. The fourth-order valence-corrected chi connectivity index (χ4v) is 11.8. The van der Waals surface area contributed by atoms with Crippen LogP contribution in [0.25, 0.3) is 0 Å². The standard InChI is InChI=1S/C32H45NO9/c1-6-33-15-29(16-38-2)19(34)12-20(39-3)32-18-13-30(36)21(40-4)14-31(37,23(26(32)33)24(41-5)25(29)32)22(18)27(30)42-28(35)17-10-8-7-9-11-17/h7-11,18-27,34,36-37H,6,12-16H2,1-5H3/t18-,19-,20+,21+,22-,23+,24+,25-,26-,27-,29+,30-,31-,32+/m1/s1. The number of aliphatic hydroxyl groups excluding tert-OH is 1. The normalized spacial score (nSPS) is 51.9. The first kappa shape index (κ1) is 29.1. The zero-order valence-electron chi connectivity index (χ0n) is 25.1. The number of carbonyl (C=O) groups excluding carboxylic acids is 1. The van der Waals surface area contributed by atoms with Crippen molar-refractivity contribution in [2.45, 2.75) is 73.9 Å². The minimum absolute atomic E-state index is 0.130. The number of methoxy groups -OCH3 is 4. The van der Waals surface area contributed by atoms with Gasteiger partial charge in [0.15, 0.2) is 0 Å². The van der Waals surface area contributed by atoms with E-state index in [0.717, 1.165) is 0 Å². The van der Waals surface area contributed by atoms with E-state index < -0.39 is 64.3 Å². The van der Waals surface area contributed by atoms with E-state index in [2.05, 4.69) is 11.8 Å². The predicted octanol–water partition coefficient (Wildman–Crippen LogP) is 1.11. The fourth-order valence-electron chi connectivity index (χ4n) is 11.8. The summed E-state index contributed by atoms with van der Waals surface area (Å²) in [5, 5.41) is 37.6. The molecule has 7 bridgehead atoms. The average molecular weight is 588 g/mol. The number of likely N-dealkylation sites (tertiary alicyclic amines) is 1. The van der Waals surface area contributed by atoms with Crippen LogP contribution in [0.15, 0.2) is 30.3 Å². The molecule has 0 amide bonds. The highest BCUT2D eigenvalue weighted by Crippen LogP contribution is 2.80. The van der Waals surface area contributed by atoms with Gasteiger partial charge in [0.05, 0.1) is 42.2 Å². The monoisotopic (exact) mass is 587 g/mol. The molecule has 0 aromatic heterocycles. The van der Waals surface area contributed by atoms with Crippen LogP contribution in [0.1, 0.15) is 36.5 Å². The van der Waals surface area contributed by atoms with Crippen molar-refractivity contribution in [3.8, 4) is 0 Å². The zero-order chi connectivity index (χ0) is 29.8. The molecule has 1 aliphatic heterocycles. The van der Waals surface area contributed by atoms with Crippen molar-refractivity contribution < 1.29 is 43.8 Å². The van der Waals surface area contributed by atoms with E-state index in [-0.39, 0.29) is 36.8 Å². The lowest BCUT2D eigenvalue weighted by atomic mass is 9.42. The molecular weight excluding hydrogens is 542 g/mol. The third-order valence-corrected chi connectivity index (χ3v) is 12.8. The Balaban J connectivity index is 1.46. The van der Waals surface area contributed by atoms with Gasteiger partial charge in [0, 0.05) is 82.5 Å². The maximum atomic E-state index is 13.5. The first-order valence-electron chi connectivity index (χ1n) is 15.3. The molecule has 6 fully saturated rings. The van der Waals surface area contributed by atoms with Gasteiger partial charge in [0.2, 0.25) is 0 Å². The Morgan fingerprint density at radius 2 is 1.69 bits per heavy atom. The summed E-state index contributed by atoms with van der Waals surface area (Å²) in [5.41, 5.74) is -3.77. The van der Waals surface area contributed by atoms with Crippen LogP contribution >= 0.6 is 0 Å². The Labute approximate surface area is 247 Å². The van der Waals surface area contributed by atoms with Gasteiger partial charge in [0.25, 0.3) is 0 Å². The number of hydrogen-bond donors (Lipinski definition) is 3. The van der Waals surface area contributed by atoms with Crippen molar-refractivity contribution in [1.29, 1.82) is 0 Å². The van der Waals surface area contributed by atoms with Crippen molar-refractivity contribution in [2.24, 2.45) is 34.5 Å². The van der Waals surface area contributed by atoms with Crippen LogP contribution in [-0.2, 0) is 23.7 Å². The highest BCUT2D eigenvalue weighted by Gasteiger charge is 2.89. The van der Waals surface area contributed by atoms with Crippen molar-refractivity contribution in [3.63, 3.8) is 0 Å². The van der Waals surface area contributed by atoms with E-state index in [4.69, 9.17) is 23.7 Å². The molecule has 6 aliphatic rings. The van der Waals surface area contributed by atoms with Crippen LogP contribution in [-0.4, -0.2) is 122 Å². The summed E-state index contributed by atoms with van der Waals surface area (Å²) in [4.78, 5) is 15.9. The maximum Gasteiger partial charge on any atom is 0.338 e. The van der Waals surface area contributed by atoms with Gasteiger partial charge < -0.3 is 39.0 Å². The summed E-state index contributed by atoms with van der Waals surface area (Å²) in [5.74, 6) is -2.02. The van der Waals surface area contributed by atoms with Crippen molar-refractivity contribution >= 4 is 5.97 Å². The van der Waals surface area contributed by atoms with E-state index in [9.17, 15) is 20.1 Å². The molecule has 0 radical (unpaired) electrons. The Hall–Kier alpha value is -1.63. The molecule has 1 spiro atoms. The molecular formula is C32H45NO9. The first-order valence-corrected chi connectivity index (χ1v) is 15.3. The van der Waals surface area contributed by atoms with Crippen molar-refractivity contribution in [3.05, 3.63) is 35.9 Å². The van der Waals surface area contributed by atoms with Crippen LogP contribution in [0.3, 0.4) is 0 Å². The van der Waals surface area contributed by atoms with E-state index in [1.54, 1.807) is 52.7 Å². The Morgan fingerprint density at radius 3 is 2.31 bits per heavy atom. The number of hydrogen-bond acceptors (Lipinski definition) is 10. The third-order valence-electron chi connectivity index (χ3n) is 12.8. The minimum atomic E-state index is -1.51. The largest absolute Gasteiger partial charge is 0.455 e. The van der Waals surface area contributed by atoms with Crippen LogP contribution in [0, 0.1) is 34.5 Å². The SMILES string of the molecule is CCN1C[C@]2(COC)[C@H](O)C[C@H](OC)[C@@]34[C@@H]5C[C@@]6(O)[C@@H](OC)C[C@@](O)([C@H]5[C@H]6OC(=O)c5ccccc5)[C@@H]([C@H](OC)[C@H]23)[C@@H]14. The molecule has 10 nitrogen and oxygen atoms in total. The predicted molar refractivity (Wildman–Crippen MR) is 150 cm³/mol. The van der Waals surface area contributed by atoms with Gasteiger partial charge in [-0.3, -0.25) is 4.90 Å². The lowest BCUT2D eigenvalue weighted by Gasteiger charge is -2.70. The second-order valence-electron chi connectivity index (χ2n) is 13.8. The lowest BCUT2D eigenvalue weighted by molar-refractivity contribution is -0.298. The highest BCUT2D eigenvalue weighted by atomic mass is 16.6. The number of piperidine rings is 1. The Morgan fingerprint density at radius 1 is 0.976 bits per heavy atom. The molecule has 5 aliphatic carbocycles. The zero-order valence-corrected chi connectivity index (χ0v) is 25.1. The Bertz CT molecular complexity index is 1220. The van der Waals surface area contributed by atoms with Gasteiger partial charge in [-0.2, -0.15) is 0 Å². The smallest absolute Gasteiger partial charge is 0.338 e. The number of rotatable bonds is 8. The van der Waals surface area contributed by atoms with Gasteiger partial charge in [-0.1, -0.05) is 25.1 Å². The van der Waals surface area contributed by atoms with Crippen LogP contribution in [0.5, 0.6) is 0 Å². The van der Waals surface area contributed by atoms with Crippen molar-refractivity contribution in [2.75, 3.05) is 48.1 Å². The lowest BCUT2D eigenvalue weighted by Crippen LogP contribution is -2.79. The number of nitrogens with zero attached hydrogens (tertiary/aromatic N) is 1. The molecule has 1 saturated heterocycles. The van der Waals surface area contributed by atoms with E-state index >= 15 is 0 Å². The molecule has 7 rings (SSSR count). The fraction of sp³-hybridized carbons (Fsp3) is 0.781. The first-order chi connectivity index (χ1) is 20.1. The van der Waals surface area contributed by atoms with Crippen LogP contribution in [0.4, 0.5) is 0 Å². The van der Waals surface area contributed by atoms with Crippen LogP contribution in [0.2, 0.25) is 0 Å². The van der Waals surface area contributed by atoms with Crippen molar-refractivity contribution in [1.82, 2.24) is 4.90 Å². The van der Waals surface area contributed by atoms with E-state index in [0.29, 0.717) is 31.7 Å². The summed E-state index contributed by atoms with van der Waals surface area (Å²) in [7, 11) is 6.60. The van der Waals surface area contributed by atoms with Gasteiger partial charge in [0.1, 0.15) is 11.7 Å². The number of aliphatic hydroxyl groups is 3. The number of fused-ring (bicyclic) bond motifs is 2. The number of ether oxygens (including phenoxy) is 5. The van der Waals surface area contributed by atoms with Gasteiger partial charge in [-0.15, -0.1) is 0 Å². The summed E-state index contributed by atoms with van der Waals surface area (Å²) in [6, 6.07) is 8.63. The summed E-state index contributed by atoms with van der Waals surface area (Å²) < 4.78 is 30.8. The second kappa shape index (κ2) is 9.68. The highest BCUT2D eigenvalue weighted by molar-refractivity contribution is 5.89. The van der Waals surface area contributed by atoms with Crippen LogP contribution < -0.4 is 0 Å². The average Bonchev–Trinajstić information content (AvgIpc) is 3.37. The molecule has 14 atom stereocenters. The molecule has 1 aromatic carbocycles. The number of esters is 1. The third kappa shape index (κ3) is 3.20. The molecule has 232 valence electrons. The molecule has 1 aromatic rings. The molecule has 3 N–H and O–H groups in total. The van der Waals surface area contributed by atoms with E-state index in [1.807, 2.05) is 6.07 Å². The molecule has 1 heterocycles.